The molecule has 1 unspecified atom stereocenters. The minimum Gasteiger partial charge on any atom is -0.383 e. The Balaban J connectivity index is 2.84. The first-order valence-electron chi connectivity index (χ1n) is 4.68. The molecule has 1 aromatic carbocycles. The standard InChI is InChI=1S/C11H15O3Si/c1-11(15,12-2)8-9-6-4-5-7-10(9)14-13-3/h4-7H,8H2,1-3H3. The molecule has 3 radical (unpaired) electrons. The fourth-order valence-electron chi connectivity index (χ4n) is 1.26. The van der Waals surface area contributed by atoms with Gasteiger partial charge in [-0.25, -0.2) is 0 Å². The molecule has 0 aliphatic heterocycles. The highest BCUT2D eigenvalue weighted by atomic mass is 28.1. The molecule has 4 heteroatoms. The van der Waals surface area contributed by atoms with Crippen LogP contribution in [0.4, 0.5) is 0 Å². The van der Waals surface area contributed by atoms with Crippen LogP contribution in [-0.2, 0) is 16.0 Å². The van der Waals surface area contributed by atoms with Gasteiger partial charge < -0.3 is 9.62 Å². The molecule has 0 bridgehead atoms. The highest BCUT2D eigenvalue weighted by molar-refractivity contribution is 6.14. The summed E-state index contributed by atoms with van der Waals surface area (Å²) in [5, 5.41) is -0.396. The first-order chi connectivity index (χ1) is 7.09. The molecule has 0 fully saturated rings. The second kappa shape index (κ2) is 5.30. The van der Waals surface area contributed by atoms with E-state index in [2.05, 4.69) is 15.1 Å². The maximum absolute atomic E-state index is 5.29. The minimum atomic E-state index is -0.396. The zero-order chi connectivity index (χ0) is 11.3. The molecular weight excluding hydrogens is 208 g/mol. The van der Waals surface area contributed by atoms with Crippen LogP contribution in [0.5, 0.6) is 5.75 Å². The third-order valence-corrected chi connectivity index (χ3v) is 2.50. The highest BCUT2D eigenvalue weighted by Gasteiger charge is 2.19. The Kier molecular flexibility index (Phi) is 4.32. The van der Waals surface area contributed by atoms with Crippen LogP contribution < -0.4 is 4.89 Å². The van der Waals surface area contributed by atoms with Gasteiger partial charge in [-0.15, -0.1) is 0 Å². The van der Waals surface area contributed by atoms with E-state index in [0.717, 1.165) is 5.56 Å². The quantitative estimate of drug-likeness (QED) is 0.432. The third kappa shape index (κ3) is 3.66. The van der Waals surface area contributed by atoms with E-state index in [1.54, 1.807) is 7.11 Å². The number of ether oxygens (including phenoxy) is 1. The van der Waals surface area contributed by atoms with Crippen molar-refractivity contribution in [2.45, 2.75) is 18.6 Å². The van der Waals surface area contributed by atoms with Gasteiger partial charge in [-0.1, -0.05) is 18.2 Å². The molecule has 0 N–H and O–H groups in total. The van der Waals surface area contributed by atoms with Gasteiger partial charge in [0.05, 0.1) is 22.6 Å². The van der Waals surface area contributed by atoms with Gasteiger partial charge in [-0.2, -0.15) is 4.89 Å². The molecule has 3 nitrogen and oxygen atoms in total. The zero-order valence-corrected chi connectivity index (χ0v) is 10.2. The second-order valence-corrected chi connectivity index (χ2v) is 4.53. The van der Waals surface area contributed by atoms with Crippen molar-refractivity contribution in [3.05, 3.63) is 29.8 Å². The average Bonchev–Trinajstić information content (AvgIpc) is 2.21. The van der Waals surface area contributed by atoms with Crippen LogP contribution >= 0.6 is 0 Å². The lowest BCUT2D eigenvalue weighted by Gasteiger charge is -2.23. The summed E-state index contributed by atoms with van der Waals surface area (Å²) in [5.41, 5.74) is 1.03. The minimum absolute atomic E-state index is 0.396. The van der Waals surface area contributed by atoms with Gasteiger partial charge in [0.2, 0.25) is 0 Å². The highest BCUT2D eigenvalue weighted by Crippen LogP contribution is 2.23. The number of para-hydroxylation sites is 1. The molecule has 0 spiro atoms. The van der Waals surface area contributed by atoms with Crippen LogP contribution in [0.1, 0.15) is 12.5 Å². The summed E-state index contributed by atoms with van der Waals surface area (Å²) in [6.07, 6.45) is 0.694. The predicted octanol–water partition coefficient (Wildman–Crippen LogP) is 1.70. The monoisotopic (exact) mass is 223 g/mol. The smallest absolute Gasteiger partial charge is 0.168 e. The Morgan fingerprint density at radius 1 is 1.27 bits per heavy atom. The third-order valence-electron chi connectivity index (χ3n) is 2.12. The molecule has 1 rings (SSSR count). The van der Waals surface area contributed by atoms with Gasteiger partial charge in [0.25, 0.3) is 0 Å². The molecular formula is C11H15O3Si. The van der Waals surface area contributed by atoms with E-state index >= 15 is 0 Å². The summed E-state index contributed by atoms with van der Waals surface area (Å²) in [7, 11) is 6.68. The van der Waals surface area contributed by atoms with Crippen molar-refractivity contribution < 1.29 is 14.5 Å². The van der Waals surface area contributed by atoms with E-state index in [0.29, 0.717) is 12.2 Å². The van der Waals surface area contributed by atoms with Crippen molar-refractivity contribution in [2.75, 3.05) is 14.2 Å². The maximum atomic E-state index is 5.29. The number of benzene rings is 1. The molecule has 0 heterocycles. The van der Waals surface area contributed by atoms with Crippen molar-refractivity contribution in [3.8, 4) is 5.75 Å². The van der Waals surface area contributed by atoms with Gasteiger partial charge in [0.1, 0.15) is 0 Å². The summed E-state index contributed by atoms with van der Waals surface area (Å²) < 4.78 is 5.29. The maximum Gasteiger partial charge on any atom is 0.168 e. The van der Waals surface area contributed by atoms with Crippen molar-refractivity contribution in [2.24, 2.45) is 0 Å². The number of rotatable bonds is 5. The van der Waals surface area contributed by atoms with Crippen LogP contribution in [0, 0.1) is 0 Å². The Hall–Kier alpha value is -0.843. The molecule has 1 atom stereocenters. The Labute approximate surface area is 93.7 Å². The summed E-state index contributed by atoms with van der Waals surface area (Å²) in [6.45, 7) is 1.95. The molecule has 15 heavy (non-hydrogen) atoms. The molecule has 0 aliphatic rings. The molecule has 0 saturated heterocycles. The largest absolute Gasteiger partial charge is 0.383 e. The average molecular weight is 223 g/mol. The van der Waals surface area contributed by atoms with Crippen molar-refractivity contribution in [1.29, 1.82) is 0 Å². The van der Waals surface area contributed by atoms with E-state index in [1.807, 2.05) is 31.2 Å². The molecule has 0 aromatic heterocycles. The molecule has 81 valence electrons. The lowest BCUT2D eigenvalue weighted by atomic mass is 10.1. The Bertz CT molecular complexity index is 312. The zero-order valence-electron chi connectivity index (χ0n) is 9.24. The summed E-state index contributed by atoms with van der Waals surface area (Å²) in [4.78, 5) is 9.71. The van der Waals surface area contributed by atoms with Crippen molar-refractivity contribution >= 4 is 10.2 Å². The van der Waals surface area contributed by atoms with Crippen LogP contribution in [-0.4, -0.2) is 29.7 Å². The summed E-state index contributed by atoms with van der Waals surface area (Å²) in [5.74, 6) is 0.710. The first kappa shape index (κ1) is 12.2. The van der Waals surface area contributed by atoms with E-state index < -0.39 is 5.22 Å². The Morgan fingerprint density at radius 2 is 1.93 bits per heavy atom. The number of hydrogen-bond donors (Lipinski definition) is 0. The SMILES string of the molecule is COOc1ccccc1CC(C)([Si])OC. The van der Waals surface area contributed by atoms with Crippen molar-refractivity contribution in [3.63, 3.8) is 0 Å². The predicted molar refractivity (Wildman–Crippen MR) is 59.0 cm³/mol. The molecule has 1 aromatic rings. The normalized spacial score (nSPS) is 14.7. The van der Waals surface area contributed by atoms with E-state index in [-0.39, 0.29) is 0 Å². The van der Waals surface area contributed by atoms with Crippen molar-refractivity contribution in [1.82, 2.24) is 0 Å². The fraction of sp³-hybridized carbons (Fsp3) is 0.455. The van der Waals surface area contributed by atoms with Crippen LogP contribution in [0.15, 0.2) is 24.3 Å². The fourth-order valence-corrected chi connectivity index (χ4v) is 1.45. The van der Waals surface area contributed by atoms with Gasteiger partial charge in [-0.05, 0) is 13.0 Å². The van der Waals surface area contributed by atoms with E-state index in [9.17, 15) is 0 Å². The molecule has 0 amide bonds. The topological polar surface area (TPSA) is 27.7 Å². The van der Waals surface area contributed by atoms with Gasteiger partial charge in [-0.3, -0.25) is 0 Å². The van der Waals surface area contributed by atoms with Crippen LogP contribution in [0.25, 0.3) is 0 Å². The lowest BCUT2D eigenvalue weighted by Crippen LogP contribution is -2.30. The lowest BCUT2D eigenvalue weighted by molar-refractivity contribution is -0.178. The molecule has 0 saturated carbocycles. The number of methoxy groups -OCH3 is 1. The first-order valence-corrected chi connectivity index (χ1v) is 5.18. The summed E-state index contributed by atoms with van der Waals surface area (Å²) in [6, 6.07) is 7.69. The van der Waals surface area contributed by atoms with Gasteiger partial charge >= 0.3 is 0 Å². The van der Waals surface area contributed by atoms with E-state index in [4.69, 9.17) is 9.62 Å². The number of hydrogen-bond acceptors (Lipinski definition) is 3. The Morgan fingerprint density at radius 3 is 2.53 bits per heavy atom. The van der Waals surface area contributed by atoms with Crippen LogP contribution in [0.3, 0.4) is 0 Å². The summed E-state index contributed by atoms with van der Waals surface area (Å²) >= 11 is 0. The van der Waals surface area contributed by atoms with Crippen LogP contribution in [0.2, 0.25) is 0 Å². The van der Waals surface area contributed by atoms with Gasteiger partial charge in [0.15, 0.2) is 5.75 Å². The van der Waals surface area contributed by atoms with Gasteiger partial charge in [0, 0.05) is 19.1 Å². The van der Waals surface area contributed by atoms with E-state index in [1.165, 1.54) is 7.11 Å². The second-order valence-electron chi connectivity index (χ2n) is 3.47. The molecule has 0 aliphatic carbocycles.